The average Bonchev–Trinajstić information content (AvgIpc) is 2.96. The first-order valence-corrected chi connectivity index (χ1v) is 9.70. The Morgan fingerprint density at radius 2 is 1.52 bits per heavy atom. The van der Waals surface area contributed by atoms with Crippen molar-refractivity contribution in [1.82, 2.24) is 0 Å². The van der Waals surface area contributed by atoms with Gasteiger partial charge < -0.3 is 4.74 Å². The van der Waals surface area contributed by atoms with Gasteiger partial charge in [0.1, 0.15) is 5.44 Å². The van der Waals surface area contributed by atoms with Crippen LogP contribution >= 0.6 is 11.8 Å². The lowest BCUT2D eigenvalue weighted by atomic mass is 9.82. The Balaban J connectivity index is 1.71. The summed E-state index contributed by atoms with van der Waals surface area (Å²) in [5.41, 5.74) is 2.93. The normalized spacial score (nSPS) is 31.1. The van der Waals surface area contributed by atoms with Gasteiger partial charge in [0.2, 0.25) is 0 Å². The van der Waals surface area contributed by atoms with Crippen LogP contribution in [-0.4, -0.2) is 6.10 Å². The summed E-state index contributed by atoms with van der Waals surface area (Å²) in [6.45, 7) is 0. The number of fused-ring (bicyclic) bond motifs is 1. The van der Waals surface area contributed by atoms with Gasteiger partial charge >= 0.3 is 0 Å². The van der Waals surface area contributed by atoms with Crippen molar-refractivity contribution in [1.29, 1.82) is 0 Å². The molecule has 23 heavy (non-hydrogen) atoms. The third-order valence-corrected chi connectivity index (χ3v) is 6.94. The molecular weight excluding hydrogens is 300 g/mol. The van der Waals surface area contributed by atoms with Crippen LogP contribution in [0.5, 0.6) is 0 Å². The Bertz CT molecular complexity index is 627. The van der Waals surface area contributed by atoms with Gasteiger partial charge in [0, 0.05) is 0 Å². The summed E-state index contributed by atoms with van der Waals surface area (Å²) in [7, 11) is 0. The second-order valence-electron chi connectivity index (χ2n) is 6.69. The number of ether oxygens (including phenoxy) is 1. The maximum Gasteiger partial charge on any atom is 0.129 e. The molecule has 1 saturated carbocycles. The predicted molar refractivity (Wildman–Crippen MR) is 97.5 cm³/mol. The van der Waals surface area contributed by atoms with Gasteiger partial charge in [-0.15, -0.1) is 11.8 Å². The molecule has 2 aliphatic rings. The summed E-state index contributed by atoms with van der Waals surface area (Å²) in [5, 5.41) is 0. The smallest absolute Gasteiger partial charge is 0.129 e. The van der Waals surface area contributed by atoms with Crippen LogP contribution in [0.15, 0.2) is 60.7 Å². The Morgan fingerprint density at radius 3 is 2.30 bits per heavy atom. The summed E-state index contributed by atoms with van der Waals surface area (Å²) in [4.78, 5) is 0. The largest absolute Gasteiger partial charge is 0.358 e. The summed E-state index contributed by atoms with van der Waals surface area (Å²) in [5.74, 6) is 0. The molecule has 4 rings (SSSR count). The zero-order chi connectivity index (χ0) is 15.5. The van der Waals surface area contributed by atoms with E-state index >= 15 is 0 Å². The Labute approximate surface area is 143 Å². The number of thioether (sulfide) groups is 1. The van der Waals surface area contributed by atoms with Crippen molar-refractivity contribution < 1.29 is 4.74 Å². The third kappa shape index (κ3) is 2.95. The molecule has 1 nitrogen and oxygen atoms in total. The molecule has 1 aliphatic carbocycles. The number of hydrogen-bond acceptors (Lipinski definition) is 2. The molecule has 120 valence electrons. The van der Waals surface area contributed by atoms with E-state index in [0.29, 0.717) is 6.10 Å². The molecule has 1 heterocycles. The lowest BCUT2D eigenvalue weighted by molar-refractivity contribution is 0.0187. The Hall–Kier alpha value is -1.25. The van der Waals surface area contributed by atoms with Crippen molar-refractivity contribution in [3.8, 4) is 0 Å². The zero-order valence-corrected chi connectivity index (χ0v) is 14.3. The van der Waals surface area contributed by atoms with E-state index < -0.39 is 0 Å². The second-order valence-corrected chi connectivity index (χ2v) is 8.09. The molecule has 0 bridgehead atoms. The molecule has 1 aliphatic heterocycles. The van der Waals surface area contributed by atoms with Crippen molar-refractivity contribution in [2.75, 3.05) is 0 Å². The first-order chi connectivity index (χ1) is 11.4. The van der Waals surface area contributed by atoms with Crippen LogP contribution in [0.1, 0.15) is 55.1 Å². The Kier molecular flexibility index (Phi) is 4.46. The van der Waals surface area contributed by atoms with E-state index in [4.69, 9.17) is 4.74 Å². The van der Waals surface area contributed by atoms with Crippen LogP contribution < -0.4 is 0 Å². The van der Waals surface area contributed by atoms with E-state index in [-0.39, 0.29) is 10.2 Å². The van der Waals surface area contributed by atoms with Crippen LogP contribution in [0.2, 0.25) is 0 Å². The molecule has 0 aromatic heterocycles. The highest BCUT2D eigenvalue weighted by Gasteiger charge is 2.50. The minimum atomic E-state index is 0.127. The summed E-state index contributed by atoms with van der Waals surface area (Å²) in [6.07, 6.45) is 8.06. The standard InChI is InChI=1S/C21H24OS/c1-2-10-16-21(18-13-7-4-8-14-18)19(15-9-1)22-20(23-21)17-11-5-3-6-12-17/h3-8,11-14,19-20H,1-2,9-10,15-16H2/t19-,20+,21+/m0/s1. The zero-order valence-electron chi connectivity index (χ0n) is 13.5. The monoisotopic (exact) mass is 324 g/mol. The fourth-order valence-electron chi connectivity index (χ4n) is 4.02. The fraction of sp³-hybridized carbons (Fsp3) is 0.429. The molecule has 0 radical (unpaired) electrons. The highest BCUT2D eigenvalue weighted by atomic mass is 32.2. The molecule has 1 saturated heterocycles. The van der Waals surface area contributed by atoms with Gasteiger partial charge in [0.05, 0.1) is 10.9 Å². The lowest BCUT2D eigenvalue weighted by Crippen LogP contribution is -2.34. The van der Waals surface area contributed by atoms with Crippen molar-refractivity contribution in [2.24, 2.45) is 0 Å². The molecule has 0 spiro atoms. The molecule has 2 aromatic rings. The van der Waals surface area contributed by atoms with Crippen LogP contribution in [0.25, 0.3) is 0 Å². The Morgan fingerprint density at radius 1 is 0.826 bits per heavy atom. The van der Waals surface area contributed by atoms with Crippen molar-refractivity contribution in [2.45, 2.75) is 54.8 Å². The van der Waals surface area contributed by atoms with E-state index in [1.165, 1.54) is 49.7 Å². The molecule has 3 atom stereocenters. The van der Waals surface area contributed by atoms with E-state index in [9.17, 15) is 0 Å². The molecule has 0 N–H and O–H groups in total. The maximum absolute atomic E-state index is 6.61. The van der Waals surface area contributed by atoms with Crippen molar-refractivity contribution in [3.05, 3.63) is 71.8 Å². The topological polar surface area (TPSA) is 9.23 Å². The predicted octanol–water partition coefficient (Wildman–Crippen LogP) is 6.07. The summed E-state index contributed by atoms with van der Waals surface area (Å²) >= 11 is 2.05. The summed E-state index contributed by atoms with van der Waals surface area (Å²) < 4.78 is 6.73. The van der Waals surface area contributed by atoms with Gasteiger partial charge in [0.15, 0.2) is 0 Å². The molecular formula is C21H24OS. The number of hydrogen-bond donors (Lipinski definition) is 0. The number of rotatable bonds is 2. The lowest BCUT2D eigenvalue weighted by Gasteiger charge is -2.35. The van der Waals surface area contributed by atoms with Gasteiger partial charge in [-0.3, -0.25) is 0 Å². The highest BCUT2D eigenvalue weighted by molar-refractivity contribution is 8.00. The highest BCUT2D eigenvalue weighted by Crippen LogP contribution is 2.60. The van der Waals surface area contributed by atoms with E-state index in [0.717, 1.165) is 0 Å². The van der Waals surface area contributed by atoms with E-state index in [1.54, 1.807) is 0 Å². The van der Waals surface area contributed by atoms with Crippen LogP contribution in [0, 0.1) is 0 Å². The second kappa shape index (κ2) is 6.70. The molecule has 0 amide bonds. The molecule has 2 heteroatoms. The van der Waals surface area contributed by atoms with E-state index in [2.05, 4.69) is 60.7 Å². The van der Waals surface area contributed by atoms with Gasteiger partial charge in [-0.05, 0) is 24.0 Å². The van der Waals surface area contributed by atoms with Crippen molar-refractivity contribution >= 4 is 11.8 Å². The van der Waals surface area contributed by atoms with Crippen LogP contribution in [0.4, 0.5) is 0 Å². The summed E-state index contributed by atoms with van der Waals surface area (Å²) in [6, 6.07) is 21.8. The number of benzene rings is 2. The van der Waals surface area contributed by atoms with Gasteiger partial charge in [-0.1, -0.05) is 86.3 Å². The van der Waals surface area contributed by atoms with Gasteiger partial charge in [-0.2, -0.15) is 0 Å². The molecule has 0 unspecified atom stereocenters. The quantitative estimate of drug-likeness (QED) is 0.663. The third-order valence-electron chi connectivity index (χ3n) is 5.22. The van der Waals surface area contributed by atoms with Crippen molar-refractivity contribution in [3.63, 3.8) is 0 Å². The minimum Gasteiger partial charge on any atom is -0.358 e. The first kappa shape index (κ1) is 15.3. The van der Waals surface area contributed by atoms with Gasteiger partial charge in [-0.25, -0.2) is 0 Å². The van der Waals surface area contributed by atoms with Crippen LogP contribution in [-0.2, 0) is 9.48 Å². The van der Waals surface area contributed by atoms with E-state index in [1.807, 2.05) is 11.8 Å². The SMILES string of the molecule is c1ccc([C@@H]2O[C@H]3CCCCCC[C@]3(c3ccccc3)S2)cc1. The molecule has 2 aromatic carbocycles. The minimum absolute atomic E-state index is 0.127. The first-order valence-electron chi connectivity index (χ1n) is 8.82. The van der Waals surface area contributed by atoms with Crippen LogP contribution in [0.3, 0.4) is 0 Å². The average molecular weight is 324 g/mol. The fourth-order valence-corrected chi connectivity index (χ4v) is 5.75. The maximum atomic E-state index is 6.61. The molecule has 2 fully saturated rings. The van der Waals surface area contributed by atoms with Gasteiger partial charge in [0.25, 0.3) is 0 Å².